The molecule has 27 heavy (non-hydrogen) atoms. The molecule has 8 nitrogen and oxygen atoms in total. The molecule has 1 aromatic carbocycles. The molecule has 1 aliphatic rings. The van der Waals surface area contributed by atoms with E-state index in [1.807, 2.05) is 18.2 Å². The molecule has 1 aliphatic heterocycles. The van der Waals surface area contributed by atoms with Gasteiger partial charge in [-0.25, -0.2) is 18.4 Å². The number of methoxy groups -OCH3 is 1. The molecule has 0 spiro atoms. The molecule has 2 heterocycles. The number of hydrogen-bond donors (Lipinski definition) is 1. The minimum absolute atomic E-state index is 0.00831. The van der Waals surface area contributed by atoms with E-state index in [2.05, 4.69) is 15.3 Å². The van der Waals surface area contributed by atoms with Crippen molar-refractivity contribution in [3.8, 4) is 5.75 Å². The Morgan fingerprint density at radius 3 is 2.70 bits per heavy atom. The highest BCUT2D eigenvalue weighted by Crippen LogP contribution is 2.26. The van der Waals surface area contributed by atoms with Crippen LogP contribution < -0.4 is 10.1 Å². The number of amides is 1. The summed E-state index contributed by atoms with van der Waals surface area (Å²) in [5.41, 5.74) is 1.52. The number of benzene rings is 1. The topological polar surface area (TPSA) is 101 Å². The lowest BCUT2D eigenvalue weighted by atomic mass is 10.2. The summed E-state index contributed by atoms with van der Waals surface area (Å²) >= 11 is 0. The van der Waals surface area contributed by atoms with Crippen LogP contribution in [0.15, 0.2) is 30.3 Å². The zero-order valence-corrected chi connectivity index (χ0v) is 16.3. The first-order valence-corrected chi connectivity index (χ1v) is 10.3. The van der Waals surface area contributed by atoms with Crippen LogP contribution in [0.3, 0.4) is 0 Å². The first kappa shape index (κ1) is 19.1. The maximum Gasteiger partial charge on any atom is 0.272 e. The molecule has 2 aromatic rings. The summed E-state index contributed by atoms with van der Waals surface area (Å²) in [6, 6.07) is 8.58. The van der Waals surface area contributed by atoms with E-state index in [0.29, 0.717) is 23.6 Å². The molecule has 0 radical (unpaired) electrons. The van der Waals surface area contributed by atoms with Crippen molar-refractivity contribution in [3.63, 3.8) is 0 Å². The molecule has 9 heteroatoms. The van der Waals surface area contributed by atoms with Crippen molar-refractivity contribution in [3.05, 3.63) is 41.7 Å². The number of anilines is 2. The van der Waals surface area contributed by atoms with Gasteiger partial charge in [0.2, 0.25) is 5.95 Å². The van der Waals surface area contributed by atoms with Gasteiger partial charge in [-0.3, -0.25) is 4.79 Å². The van der Waals surface area contributed by atoms with Crippen LogP contribution in [-0.2, 0) is 9.84 Å². The van der Waals surface area contributed by atoms with E-state index in [9.17, 15) is 13.2 Å². The summed E-state index contributed by atoms with van der Waals surface area (Å²) < 4.78 is 28.7. The number of aryl methyl sites for hydroxylation is 1. The number of para-hydroxylation sites is 2. The predicted octanol–water partition coefficient (Wildman–Crippen LogP) is 1.80. The van der Waals surface area contributed by atoms with E-state index >= 15 is 0 Å². The van der Waals surface area contributed by atoms with E-state index in [1.165, 1.54) is 4.90 Å². The van der Waals surface area contributed by atoms with Gasteiger partial charge in [-0.1, -0.05) is 12.1 Å². The number of carbonyl (C=O) groups excluding carboxylic acids is 1. The molecular formula is C18H22N4O4S. The molecule has 0 bridgehead atoms. The van der Waals surface area contributed by atoms with Gasteiger partial charge in [0, 0.05) is 18.8 Å². The Balaban J connectivity index is 1.83. The van der Waals surface area contributed by atoms with E-state index in [1.54, 1.807) is 33.2 Å². The number of rotatable bonds is 5. The van der Waals surface area contributed by atoms with Crippen LogP contribution in [0.4, 0.5) is 11.6 Å². The van der Waals surface area contributed by atoms with Gasteiger partial charge in [0.1, 0.15) is 11.4 Å². The first-order valence-electron chi connectivity index (χ1n) is 8.52. The smallest absolute Gasteiger partial charge is 0.272 e. The number of sulfone groups is 1. The fraction of sp³-hybridized carbons (Fsp3) is 0.389. The Hall–Kier alpha value is -2.68. The van der Waals surface area contributed by atoms with Gasteiger partial charge in [-0.05, 0) is 31.5 Å². The van der Waals surface area contributed by atoms with Crippen LogP contribution in [0, 0.1) is 6.92 Å². The Bertz CT molecular complexity index is 962. The summed E-state index contributed by atoms with van der Waals surface area (Å²) in [6.45, 7) is 1.77. The molecule has 1 unspecified atom stereocenters. The number of nitrogens with one attached hydrogen (secondary N) is 1. The van der Waals surface area contributed by atoms with Crippen LogP contribution in [0.2, 0.25) is 0 Å². The predicted molar refractivity (Wildman–Crippen MR) is 102 cm³/mol. The summed E-state index contributed by atoms with van der Waals surface area (Å²) in [5, 5.41) is 3.07. The molecule has 0 saturated carbocycles. The second-order valence-electron chi connectivity index (χ2n) is 6.52. The summed E-state index contributed by atoms with van der Waals surface area (Å²) in [5.74, 6) is 0.675. The fourth-order valence-electron chi connectivity index (χ4n) is 3.03. The maximum absolute atomic E-state index is 12.8. The zero-order valence-electron chi connectivity index (χ0n) is 15.5. The quantitative estimate of drug-likeness (QED) is 0.830. The molecule has 1 atom stereocenters. The molecule has 1 amide bonds. The van der Waals surface area contributed by atoms with E-state index in [-0.39, 0.29) is 35.1 Å². The second-order valence-corrected chi connectivity index (χ2v) is 8.75. The van der Waals surface area contributed by atoms with E-state index in [4.69, 9.17) is 4.74 Å². The van der Waals surface area contributed by atoms with Gasteiger partial charge in [-0.2, -0.15) is 0 Å². The third-order valence-corrected chi connectivity index (χ3v) is 6.25. The lowest BCUT2D eigenvalue weighted by molar-refractivity contribution is 0.0741. The van der Waals surface area contributed by atoms with E-state index < -0.39 is 9.84 Å². The lowest BCUT2D eigenvalue weighted by Crippen LogP contribution is -2.38. The molecule has 1 saturated heterocycles. The van der Waals surface area contributed by atoms with Gasteiger partial charge in [-0.15, -0.1) is 0 Å². The third-order valence-electron chi connectivity index (χ3n) is 4.50. The van der Waals surface area contributed by atoms with Gasteiger partial charge in [0.05, 0.1) is 24.3 Å². The highest BCUT2D eigenvalue weighted by Gasteiger charge is 2.33. The largest absolute Gasteiger partial charge is 0.495 e. The van der Waals surface area contributed by atoms with Crippen LogP contribution >= 0.6 is 0 Å². The number of carbonyl (C=O) groups is 1. The van der Waals surface area contributed by atoms with Crippen molar-refractivity contribution in [2.24, 2.45) is 0 Å². The third kappa shape index (κ3) is 4.36. The van der Waals surface area contributed by atoms with Crippen molar-refractivity contribution in [1.82, 2.24) is 14.9 Å². The Kier molecular flexibility index (Phi) is 5.31. The normalized spacial score (nSPS) is 18.1. The Morgan fingerprint density at radius 1 is 1.30 bits per heavy atom. The monoisotopic (exact) mass is 390 g/mol. The van der Waals surface area contributed by atoms with Crippen LogP contribution in [0.5, 0.6) is 5.75 Å². The van der Waals surface area contributed by atoms with E-state index in [0.717, 1.165) is 0 Å². The minimum Gasteiger partial charge on any atom is -0.495 e. The SMILES string of the molecule is COc1ccccc1Nc1nc(C)cc(C(=O)N(C)C2CCS(=O)(=O)C2)n1. The van der Waals surface area contributed by atoms with Crippen molar-refractivity contribution in [2.45, 2.75) is 19.4 Å². The molecule has 1 N–H and O–H groups in total. The first-order chi connectivity index (χ1) is 12.8. The standard InChI is InChI=1S/C18H22N4O4S/c1-12-10-15(17(23)22(2)13-8-9-27(24,25)11-13)21-18(19-12)20-14-6-4-5-7-16(14)26-3/h4-7,10,13H,8-9,11H2,1-3H3,(H,19,20,21). The summed E-state index contributed by atoms with van der Waals surface area (Å²) in [4.78, 5) is 22.9. The molecule has 1 aromatic heterocycles. The lowest BCUT2D eigenvalue weighted by Gasteiger charge is -2.23. The van der Waals surface area contributed by atoms with Crippen LogP contribution in [0.25, 0.3) is 0 Å². The number of hydrogen-bond acceptors (Lipinski definition) is 7. The van der Waals surface area contributed by atoms with Gasteiger partial charge in [0.25, 0.3) is 5.91 Å². The molecule has 144 valence electrons. The van der Waals surface area contributed by atoms with Gasteiger partial charge >= 0.3 is 0 Å². The Labute approximate surface area is 158 Å². The zero-order chi connectivity index (χ0) is 19.6. The van der Waals surface area contributed by atoms with Crippen molar-refractivity contribution in [1.29, 1.82) is 0 Å². The number of nitrogens with zero attached hydrogens (tertiary/aromatic N) is 3. The number of aromatic nitrogens is 2. The molecule has 1 fully saturated rings. The average molecular weight is 390 g/mol. The number of ether oxygens (including phenoxy) is 1. The van der Waals surface area contributed by atoms with Gasteiger partial charge < -0.3 is 15.0 Å². The van der Waals surface area contributed by atoms with Crippen LogP contribution in [0.1, 0.15) is 22.6 Å². The second kappa shape index (κ2) is 7.51. The summed E-state index contributed by atoms with van der Waals surface area (Å²) in [7, 11) is 0.103. The van der Waals surface area contributed by atoms with Crippen molar-refractivity contribution < 1.29 is 17.9 Å². The average Bonchev–Trinajstić information content (AvgIpc) is 3.00. The highest BCUT2D eigenvalue weighted by atomic mass is 32.2. The fourth-order valence-corrected chi connectivity index (χ4v) is 4.80. The van der Waals surface area contributed by atoms with Crippen molar-refractivity contribution >= 4 is 27.4 Å². The Morgan fingerprint density at radius 2 is 2.04 bits per heavy atom. The maximum atomic E-state index is 12.8. The molecular weight excluding hydrogens is 368 g/mol. The summed E-state index contributed by atoms with van der Waals surface area (Å²) in [6.07, 6.45) is 0.445. The van der Waals surface area contributed by atoms with Crippen molar-refractivity contribution in [2.75, 3.05) is 31.0 Å². The van der Waals surface area contributed by atoms with Gasteiger partial charge in [0.15, 0.2) is 9.84 Å². The highest BCUT2D eigenvalue weighted by molar-refractivity contribution is 7.91. The molecule has 3 rings (SSSR count). The molecule has 0 aliphatic carbocycles. The minimum atomic E-state index is -3.07. The van der Waals surface area contributed by atoms with Crippen LogP contribution in [-0.4, -0.2) is 60.9 Å².